The van der Waals surface area contributed by atoms with Crippen molar-refractivity contribution in [2.45, 2.75) is 6.92 Å². The molecule has 0 atom stereocenters. The van der Waals surface area contributed by atoms with Crippen LogP contribution in [0.3, 0.4) is 0 Å². The van der Waals surface area contributed by atoms with Crippen molar-refractivity contribution in [3.63, 3.8) is 0 Å². The number of benzene rings is 1. The van der Waals surface area contributed by atoms with E-state index in [1.807, 2.05) is 12.1 Å². The summed E-state index contributed by atoms with van der Waals surface area (Å²) in [6, 6.07) is 7.23. The van der Waals surface area contributed by atoms with Gasteiger partial charge in [-0.3, -0.25) is 14.7 Å². The summed E-state index contributed by atoms with van der Waals surface area (Å²) in [7, 11) is 1.59. The van der Waals surface area contributed by atoms with Crippen LogP contribution in [0.1, 0.15) is 11.3 Å². The number of H-pyrrole nitrogens is 1. The van der Waals surface area contributed by atoms with Gasteiger partial charge in [0.2, 0.25) is 5.91 Å². The predicted octanol–water partition coefficient (Wildman–Crippen LogP) is 1.39. The molecule has 0 saturated heterocycles. The molecule has 0 radical (unpaired) electrons. The molecule has 3 aromatic rings. The van der Waals surface area contributed by atoms with Crippen molar-refractivity contribution in [3.8, 4) is 5.75 Å². The first-order valence-corrected chi connectivity index (χ1v) is 7.14. The minimum atomic E-state index is -0.424. The number of anilines is 1. The third kappa shape index (κ3) is 3.02. The molecule has 8 heteroatoms. The first kappa shape index (κ1) is 15.5. The van der Waals surface area contributed by atoms with E-state index < -0.39 is 11.5 Å². The van der Waals surface area contributed by atoms with Crippen molar-refractivity contribution < 1.29 is 9.53 Å². The number of hydrogen-bond acceptors (Lipinski definition) is 5. The maximum absolute atomic E-state index is 12.3. The van der Waals surface area contributed by atoms with Crippen molar-refractivity contribution in [1.29, 1.82) is 0 Å². The fraction of sp³-hybridized carbons (Fsp3) is 0.125. The number of nitrogens with one attached hydrogen (secondary N) is 2. The van der Waals surface area contributed by atoms with Crippen molar-refractivity contribution >= 4 is 23.4 Å². The van der Waals surface area contributed by atoms with Crippen molar-refractivity contribution in [3.05, 3.63) is 58.3 Å². The van der Waals surface area contributed by atoms with Crippen molar-refractivity contribution in [1.82, 2.24) is 19.6 Å². The van der Waals surface area contributed by atoms with Crippen LogP contribution in [0.5, 0.6) is 5.75 Å². The Kier molecular flexibility index (Phi) is 4.11. The number of fused-ring (bicyclic) bond motifs is 1. The molecule has 1 aromatic carbocycles. The summed E-state index contributed by atoms with van der Waals surface area (Å²) < 4.78 is 6.24. The number of aryl methyl sites for hydroxylation is 1. The van der Waals surface area contributed by atoms with Gasteiger partial charge in [-0.2, -0.15) is 4.52 Å². The topological polar surface area (TPSA) is 101 Å². The van der Waals surface area contributed by atoms with Crippen LogP contribution in [0.25, 0.3) is 11.9 Å². The largest absolute Gasteiger partial charge is 0.497 e. The van der Waals surface area contributed by atoms with E-state index in [4.69, 9.17) is 4.74 Å². The van der Waals surface area contributed by atoms with Gasteiger partial charge in [0.15, 0.2) is 0 Å². The molecule has 0 spiro atoms. The zero-order chi connectivity index (χ0) is 17.1. The SMILES string of the molecule is COc1ccc(/C=C\C(=O)Nc2c(C)nc3nc[nH]n3c2=O)cc1. The Labute approximate surface area is 136 Å². The quantitative estimate of drug-likeness (QED) is 0.706. The predicted molar refractivity (Wildman–Crippen MR) is 89.0 cm³/mol. The number of rotatable bonds is 4. The smallest absolute Gasteiger partial charge is 0.298 e. The molecular weight excluding hydrogens is 310 g/mol. The molecule has 24 heavy (non-hydrogen) atoms. The number of nitrogens with zero attached hydrogens (tertiary/aromatic N) is 3. The van der Waals surface area contributed by atoms with E-state index in [0.29, 0.717) is 5.69 Å². The van der Waals surface area contributed by atoms with E-state index >= 15 is 0 Å². The van der Waals surface area contributed by atoms with Crippen LogP contribution in [0.2, 0.25) is 0 Å². The molecule has 0 bridgehead atoms. The molecule has 122 valence electrons. The van der Waals surface area contributed by atoms with Crippen LogP contribution in [-0.2, 0) is 4.79 Å². The number of carbonyl (C=O) groups excluding carboxylic acids is 1. The van der Waals surface area contributed by atoms with Gasteiger partial charge in [0.1, 0.15) is 17.8 Å². The molecule has 0 unspecified atom stereocenters. The third-order valence-corrected chi connectivity index (χ3v) is 3.40. The lowest BCUT2D eigenvalue weighted by molar-refractivity contribution is -0.111. The molecule has 2 N–H and O–H groups in total. The molecular formula is C16H15N5O3. The maximum Gasteiger partial charge on any atom is 0.298 e. The van der Waals surface area contributed by atoms with Gasteiger partial charge < -0.3 is 10.1 Å². The molecule has 0 aliphatic heterocycles. The fourth-order valence-corrected chi connectivity index (χ4v) is 2.16. The molecule has 8 nitrogen and oxygen atoms in total. The Morgan fingerprint density at radius 2 is 2.08 bits per heavy atom. The lowest BCUT2D eigenvalue weighted by Gasteiger charge is -2.05. The molecule has 0 aliphatic carbocycles. The van der Waals surface area contributed by atoms with E-state index in [1.165, 1.54) is 12.4 Å². The summed E-state index contributed by atoms with van der Waals surface area (Å²) >= 11 is 0. The number of hydrogen-bond donors (Lipinski definition) is 2. The van der Waals surface area contributed by atoms with Crippen molar-refractivity contribution in [2.24, 2.45) is 0 Å². The van der Waals surface area contributed by atoms with Gasteiger partial charge >= 0.3 is 0 Å². The van der Waals surface area contributed by atoms with Gasteiger partial charge in [0, 0.05) is 6.08 Å². The van der Waals surface area contributed by atoms with Gasteiger partial charge in [-0.25, -0.2) is 9.97 Å². The zero-order valence-corrected chi connectivity index (χ0v) is 13.1. The summed E-state index contributed by atoms with van der Waals surface area (Å²) in [5, 5.41) is 5.21. The lowest BCUT2D eigenvalue weighted by Crippen LogP contribution is -2.24. The second kappa shape index (κ2) is 6.37. The van der Waals surface area contributed by atoms with E-state index in [9.17, 15) is 9.59 Å². The average molecular weight is 325 g/mol. The first-order chi connectivity index (χ1) is 11.6. The Hall–Kier alpha value is -3.42. The number of ether oxygens (including phenoxy) is 1. The fourth-order valence-electron chi connectivity index (χ4n) is 2.16. The van der Waals surface area contributed by atoms with Crippen LogP contribution in [0.4, 0.5) is 5.69 Å². The summed E-state index contributed by atoms with van der Waals surface area (Å²) in [4.78, 5) is 32.4. The molecule has 0 fully saturated rings. The number of amides is 1. The van der Waals surface area contributed by atoms with Crippen LogP contribution in [0.15, 0.2) is 41.5 Å². The van der Waals surface area contributed by atoms with Gasteiger partial charge in [-0.15, -0.1) is 0 Å². The maximum atomic E-state index is 12.3. The Bertz CT molecular complexity index is 970. The Balaban J connectivity index is 1.79. The second-order valence-corrected chi connectivity index (χ2v) is 5.00. The van der Waals surface area contributed by atoms with Gasteiger partial charge in [0.25, 0.3) is 11.3 Å². The molecule has 0 saturated carbocycles. The molecule has 2 aromatic heterocycles. The molecule has 2 heterocycles. The second-order valence-electron chi connectivity index (χ2n) is 5.00. The summed E-state index contributed by atoms with van der Waals surface area (Å²) in [5.41, 5.74) is 0.933. The summed E-state index contributed by atoms with van der Waals surface area (Å²) in [6.07, 6.45) is 4.35. The Morgan fingerprint density at radius 1 is 1.33 bits per heavy atom. The van der Waals surface area contributed by atoms with E-state index in [1.54, 1.807) is 32.2 Å². The molecule has 1 amide bonds. The minimum absolute atomic E-state index is 0.112. The van der Waals surface area contributed by atoms with E-state index in [-0.39, 0.29) is 11.5 Å². The molecule has 3 rings (SSSR count). The van der Waals surface area contributed by atoms with Crippen LogP contribution in [0, 0.1) is 6.92 Å². The Morgan fingerprint density at radius 3 is 2.79 bits per heavy atom. The van der Waals surface area contributed by atoms with Gasteiger partial charge in [0.05, 0.1) is 12.8 Å². The summed E-state index contributed by atoms with van der Waals surface area (Å²) in [5.74, 6) is 0.565. The van der Waals surface area contributed by atoms with E-state index in [2.05, 4.69) is 20.4 Å². The van der Waals surface area contributed by atoms with Crippen LogP contribution < -0.4 is 15.6 Å². The average Bonchev–Trinajstić information content (AvgIpc) is 3.05. The standard InChI is InChI=1S/C16H15N5O3/c1-10-14(15(23)21-16(19-10)17-9-18-21)20-13(22)8-5-11-3-6-12(24-2)7-4-11/h3-9H,1-2H3,(H,20,22)(H,17,18,19)/b8-5-. The summed E-state index contributed by atoms with van der Waals surface area (Å²) in [6.45, 7) is 1.64. The zero-order valence-electron chi connectivity index (χ0n) is 13.1. The highest BCUT2D eigenvalue weighted by atomic mass is 16.5. The number of aromatic amines is 1. The van der Waals surface area contributed by atoms with Gasteiger partial charge in [-0.05, 0) is 30.7 Å². The number of methoxy groups -OCH3 is 1. The van der Waals surface area contributed by atoms with Crippen LogP contribution >= 0.6 is 0 Å². The minimum Gasteiger partial charge on any atom is -0.497 e. The van der Waals surface area contributed by atoms with Gasteiger partial charge in [-0.1, -0.05) is 12.1 Å². The number of carbonyl (C=O) groups is 1. The number of aromatic nitrogens is 4. The normalized spacial score (nSPS) is 11.1. The monoisotopic (exact) mass is 325 g/mol. The molecule has 0 aliphatic rings. The third-order valence-electron chi connectivity index (χ3n) is 3.40. The van der Waals surface area contributed by atoms with Crippen LogP contribution in [-0.4, -0.2) is 32.6 Å². The van der Waals surface area contributed by atoms with Crippen molar-refractivity contribution in [2.75, 3.05) is 12.4 Å². The van der Waals surface area contributed by atoms with E-state index in [0.717, 1.165) is 15.8 Å². The highest BCUT2D eigenvalue weighted by Gasteiger charge is 2.12. The lowest BCUT2D eigenvalue weighted by atomic mass is 10.2. The highest BCUT2D eigenvalue weighted by Crippen LogP contribution is 2.12. The highest BCUT2D eigenvalue weighted by molar-refractivity contribution is 6.02. The first-order valence-electron chi connectivity index (χ1n) is 7.14.